The van der Waals surface area contributed by atoms with E-state index in [0.717, 1.165) is 5.56 Å². The Morgan fingerprint density at radius 1 is 1.30 bits per heavy atom. The minimum absolute atomic E-state index is 0.109. The summed E-state index contributed by atoms with van der Waals surface area (Å²) in [6, 6.07) is 8.00. The third-order valence-corrected chi connectivity index (χ3v) is 6.20. The molecule has 3 aromatic rings. The van der Waals surface area contributed by atoms with E-state index in [1.807, 2.05) is 19.9 Å². The Balaban J connectivity index is 1.83. The minimum Gasteiger partial charge on any atom is -0.478 e. The summed E-state index contributed by atoms with van der Waals surface area (Å²) in [7, 11) is 0. The van der Waals surface area contributed by atoms with E-state index in [1.165, 1.54) is 22.3 Å². The van der Waals surface area contributed by atoms with Gasteiger partial charge in [-0.3, -0.25) is 9.20 Å². The minimum atomic E-state index is -2.86. The lowest BCUT2D eigenvalue weighted by molar-refractivity contribution is -0.0138. The fourth-order valence-electron chi connectivity index (χ4n) is 4.32. The van der Waals surface area contributed by atoms with E-state index in [-0.39, 0.29) is 23.5 Å². The van der Waals surface area contributed by atoms with Gasteiger partial charge in [-0.2, -0.15) is 0 Å². The number of carboxylic acids is 1. The van der Waals surface area contributed by atoms with Crippen molar-refractivity contribution in [1.82, 2.24) is 9.38 Å². The zero-order chi connectivity index (χ0) is 24.1. The van der Waals surface area contributed by atoms with Gasteiger partial charge in [-0.05, 0) is 44.5 Å². The van der Waals surface area contributed by atoms with Crippen LogP contribution in [0.4, 0.5) is 20.3 Å². The zero-order valence-electron chi connectivity index (χ0n) is 18.9. The molecule has 33 heavy (non-hydrogen) atoms. The van der Waals surface area contributed by atoms with Gasteiger partial charge in [-0.15, -0.1) is 0 Å². The second-order valence-electron chi connectivity index (χ2n) is 8.79. The second-order valence-corrected chi connectivity index (χ2v) is 8.79. The first-order valence-corrected chi connectivity index (χ1v) is 10.7. The van der Waals surface area contributed by atoms with Crippen LogP contribution in [0, 0.1) is 19.8 Å². The summed E-state index contributed by atoms with van der Waals surface area (Å²) in [5.41, 5.74) is 2.37. The van der Waals surface area contributed by atoms with Crippen LogP contribution in [0.2, 0.25) is 0 Å². The van der Waals surface area contributed by atoms with Crippen LogP contribution in [0.25, 0.3) is 5.65 Å². The van der Waals surface area contributed by atoms with E-state index < -0.39 is 30.4 Å². The molecular weight excluding hydrogens is 430 g/mol. The summed E-state index contributed by atoms with van der Waals surface area (Å²) >= 11 is 0. The number of anilines is 2. The lowest BCUT2D eigenvalue weighted by Gasteiger charge is -2.23. The van der Waals surface area contributed by atoms with Gasteiger partial charge in [0.15, 0.2) is 0 Å². The van der Waals surface area contributed by atoms with Crippen molar-refractivity contribution >= 4 is 23.1 Å². The summed E-state index contributed by atoms with van der Waals surface area (Å²) < 4.78 is 29.9. The fourth-order valence-corrected chi connectivity index (χ4v) is 4.32. The molecule has 7 nitrogen and oxygen atoms in total. The fraction of sp³-hybridized carbons (Fsp3) is 0.375. The number of halogens is 2. The highest BCUT2D eigenvalue weighted by Gasteiger charge is 2.46. The number of aromatic carboxylic acids is 1. The van der Waals surface area contributed by atoms with Crippen LogP contribution >= 0.6 is 0 Å². The number of para-hydroxylation sites is 1. The molecular formula is C24H26F2N4O3. The molecule has 1 fully saturated rings. The largest absolute Gasteiger partial charge is 0.478 e. The van der Waals surface area contributed by atoms with E-state index >= 15 is 0 Å². The summed E-state index contributed by atoms with van der Waals surface area (Å²) in [5.74, 6) is -4.50. The second kappa shape index (κ2) is 8.13. The highest BCUT2D eigenvalue weighted by atomic mass is 19.3. The average molecular weight is 456 g/mol. The topological polar surface area (TPSA) is 86.9 Å². The Hall–Kier alpha value is -3.49. The highest BCUT2D eigenvalue weighted by molar-refractivity contribution is 5.94. The van der Waals surface area contributed by atoms with Crippen molar-refractivity contribution in [3.63, 3.8) is 0 Å². The Labute approximate surface area is 189 Å². The quantitative estimate of drug-likeness (QED) is 0.596. The van der Waals surface area contributed by atoms with Gasteiger partial charge in [0.05, 0.1) is 23.7 Å². The smallest absolute Gasteiger partial charge is 0.337 e. The lowest BCUT2D eigenvalue weighted by atomic mass is 10.1. The number of benzene rings is 1. The molecule has 0 bridgehead atoms. The van der Waals surface area contributed by atoms with Crippen LogP contribution in [0.5, 0.6) is 0 Å². The van der Waals surface area contributed by atoms with Crippen LogP contribution < -0.4 is 15.8 Å². The molecule has 0 unspecified atom stereocenters. The standard InChI is InChI=1S/C24H26F2N4O3/c1-13-9-18(16(4)27-19-8-6-5-7-17(19)23(32)33)21-28-20(15(3)22(31)30(21)10-13)29-11-14(2)24(25,26)12-29/h5-10,14,16,27H,11-12H2,1-4H3,(H,32,33)/t14-,16+/m0/s1. The van der Waals surface area contributed by atoms with E-state index in [4.69, 9.17) is 0 Å². The molecule has 1 aliphatic heterocycles. The van der Waals surface area contributed by atoms with Gasteiger partial charge in [-0.25, -0.2) is 18.6 Å². The van der Waals surface area contributed by atoms with Crippen LogP contribution in [0.3, 0.4) is 0 Å². The predicted molar refractivity (Wildman–Crippen MR) is 123 cm³/mol. The van der Waals surface area contributed by atoms with Gasteiger partial charge < -0.3 is 15.3 Å². The molecule has 1 aromatic carbocycles. The number of alkyl halides is 2. The predicted octanol–water partition coefficient (Wildman–Crippen LogP) is 4.27. The Kier molecular flexibility index (Phi) is 5.59. The van der Waals surface area contributed by atoms with Crippen LogP contribution in [0.15, 0.2) is 41.3 Å². The molecule has 0 spiro atoms. The van der Waals surface area contributed by atoms with Gasteiger partial charge in [0.1, 0.15) is 11.5 Å². The van der Waals surface area contributed by atoms with Gasteiger partial charge in [0.25, 0.3) is 11.5 Å². The highest BCUT2D eigenvalue weighted by Crippen LogP contribution is 2.36. The first-order chi connectivity index (χ1) is 15.5. The number of pyridine rings is 1. The maximum Gasteiger partial charge on any atom is 0.337 e. The Morgan fingerprint density at radius 3 is 2.64 bits per heavy atom. The number of fused-ring (bicyclic) bond motifs is 1. The molecule has 9 heteroatoms. The molecule has 4 rings (SSSR count). The molecule has 2 aromatic heterocycles. The van der Waals surface area contributed by atoms with Crippen molar-refractivity contribution in [2.75, 3.05) is 23.3 Å². The third-order valence-electron chi connectivity index (χ3n) is 6.20. The van der Waals surface area contributed by atoms with Crippen molar-refractivity contribution in [1.29, 1.82) is 0 Å². The number of nitrogens with zero attached hydrogens (tertiary/aromatic N) is 3. The molecule has 174 valence electrons. The average Bonchev–Trinajstić information content (AvgIpc) is 3.02. The molecule has 2 atom stereocenters. The number of carbonyl (C=O) groups is 1. The van der Waals surface area contributed by atoms with Crippen LogP contribution in [-0.4, -0.2) is 39.5 Å². The molecule has 2 N–H and O–H groups in total. The van der Waals surface area contributed by atoms with Crippen molar-refractivity contribution in [3.8, 4) is 0 Å². The first kappa shape index (κ1) is 22.7. The van der Waals surface area contributed by atoms with Gasteiger partial charge in [0, 0.05) is 29.9 Å². The van der Waals surface area contributed by atoms with Crippen molar-refractivity contribution in [2.24, 2.45) is 5.92 Å². The van der Waals surface area contributed by atoms with Gasteiger partial charge in [0.2, 0.25) is 0 Å². The molecule has 0 amide bonds. The van der Waals surface area contributed by atoms with Crippen molar-refractivity contribution in [3.05, 3.63) is 69.1 Å². The number of aryl methyl sites for hydroxylation is 1. The third kappa shape index (κ3) is 4.03. The number of nitrogens with one attached hydrogen (secondary N) is 1. The molecule has 0 aliphatic carbocycles. The van der Waals surface area contributed by atoms with Crippen molar-refractivity contribution in [2.45, 2.75) is 39.7 Å². The van der Waals surface area contributed by atoms with Crippen molar-refractivity contribution < 1.29 is 18.7 Å². The SMILES string of the molecule is Cc1cc([C@@H](C)Nc2ccccc2C(=O)O)c2nc(N3C[C@H](C)C(F)(F)C3)c(C)c(=O)n2c1. The number of rotatable bonds is 5. The molecule has 0 saturated carbocycles. The van der Waals surface area contributed by atoms with Crippen LogP contribution in [0.1, 0.15) is 46.9 Å². The maximum atomic E-state index is 14.2. The van der Waals surface area contributed by atoms with Gasteiger partial charge in [-0.1, -0.05) is 19.1 Å². The van der Waals surface area contributed by atoms with E-state index in [1.54, 1.807) is 31.3 Å². The number of carboxylic acid groups (broad SMARTS) is 1. The first-order valence-electron chi connectivity index (χ1n) is 10.7. The molecule has 1 aliphatic rings. The Morgan fingerprint density at radius 2 is 2.00 bits per heavy atom. The normalized spacial score (nSPS) is 18.5. The van der Waals surface area contributed by atoms with E-state index in [0.29, 0.717) is 22.5 Å². The monoisotopic (exact) mass is 456 g/mol. The summed E-state index contributed by atoms with van der Waals surface area (Å²) in [5, 5.41) is 12.7. The molecule has 3 heterocycles. The van der Waals surface area contributed by atoms with E-state index in [9.17, 15) is 23.5 Å². The summed E-state index contributed by atoms with van der Waals surface area (Å²) in [6.07, 6.45) is 1.67. The number of hydrogen-bond acceptors (Lipinski definition) is 5. The molecule has 1 saturated heterocycles. The number of hydrogen-bond donors (Lipinski definition) is 2. The lowest BCUT2D eigenvalue weighted by Crippen LogP contribution is -2.30. The maximum absolute atomic E-state index is 14.2. The van der Waals surface area contributed by atoms with E-state index in [2.05, 4.69) is 10.3 Å². The van der Waals surface area contributed by atoms with Gasteiger partial charge >= 0.3 is 5.97 Å². The summed E-state index contributed by atoms with van der Waals surface area (Å²) in [4.78, 5) is 30.9. The molecule has 0 radical (unpaired) electrons. The van der Waals surface area contributed by atoms with Crippen LogP contribution in [-0.2, 0) is 0 Å². The Bertz CT molecular complexity index is 1300. The zero-order valence-corrected chi connectivity index (χ0v) is 18.9. The number of aromatic nitrogens is 2. The summed E-state index contributed by atoms with van der Waals surface area (Å²) in [6.45, 7) is 6.40.